The van der Waals surface area contributed by atoms with Crippen molar-refractivity contribution in [1.82, 2.24) is 0 Å². The third-order valence-electron chi connectivity index (χ3n) is 4.56. The van der Waals surface area contributed by atoms with Crippen LogP contribution in [-0.4, -0.2) is 37.5 Å². The molecule has 0 spiro atoms. The van der Waals surface area contributed by atoms with Crippen LogP contribution >= 0.6 is 0 Å². The summed E-state index contributed by atoms with van der Waals surface area (Å²) in [6, 6.07) is 13.9. The fourth-order valence-corrected chi connectivity index (χ4v) is 3.19. The van der Waals surface area contributed by atoms with E-state index in [4.69, 9.17) is 10.5 Å². The summed E-state index contributed by atoms with van der Waals surface area (Å²) in [6.45, 7) is 2.51. The Balaban J connectivity index is 1.90. The van der Waals surface area contributed by atoms with E-state index in [2.05, 4.69) is 0 Å². The van der Waals surface area contributed by atoms with Crippen molar-refractivity contribution >= 4 is 34.8 Å². The van der Waals surface area contributed by atoms with Gasteiger partial charge in [0.1, 0.15) is 0 Å². The Morgan fingerprint density at radius 3 is 2.43 bits per heavy atom. The number of fused-ring (bicyclic) bond motifs is 1. The van der Waals surface area contributed by atoms with E-state index in [-0.39, 0.29) is 43.7 Å². The second-order valence-electron chi connectivity index (χ2n) is 6.42. The van der Waals surface area contributed by atoms with Crippen molar-refractivity contribution in [1.29, 1.82) is 0 Å². The number of hydrogen-bond acceptors (Lipinski definition) is 5. The Kier molecular flexibility index (Phi) is 5.93. The first-order chi connectivity index (χ1) is 13.5. The van der Waals surface area contributed by atoms with Crippen molar-refractivity contribution in [3.05, 3.63) is 54.1 Å². The van der Waals surface area contributed by atoms with Gasteiger partial charge in [0.15, 0.2) is 0 Å². The SMILES string of the molecule is CCOC(=O)CCN1C(=O)CCN(C(=O)c2ccc(N)cc2)c2ccccc21. The normalized spacial score (nSPS) is 13.7. The zero-order valence-electron chi connectivity index (χ0n) is 15.8. The van der Waals surface area contributed by atoms with Gasteiger partial charge < -0.3 is 20.3 Å². The van der Waals surface area contributed by atoms with E-state index in [0.29, 0.717) is 29.2 Å². The van der Waals surface area contributed by atoms with Gasteiger partial charge in [0.2, 0.25) is 5.91 Å². The fraction of sp³-hybridized carbons (Fsp3) is 0.286. The van der Waals surface area contributed by atoms with Crippen molar-refractivity contribution < 1.29 is 19.1 Å². The van der Waals surface area contributed by atoms with Crippen LogP contribution in [0.25, 0.3) is 0 Å². The van der Waals surface area contributed by atoms with Gasteiger partial charge in [0, 0.05) is 30.8 Å². The largest absolute Gasteiger partial charge is 0.466 e. The van der Waals surface area contributed by atoms with Gasteiger partial charge in [-0.2, -0.15) is 0 Å². The number of hydrogen-bond donors (Lipinski definition) is 1. The van der Waals surface area contributed by atoms with Crippen LogP contribution in [-0.2, 0) is 14.3 Å². The van der Waals surface area contributed by atoms with E-state index >= 15 is 0 Å². The van der Waals surface area contributed by atoms with Gasteiger partial charge in [-0.15, -0.1) is 0 Å². The summed E-state index contributed by atoms with van der Waals surface area (Å²) < 4.78 is 4.96. The number of anilines is 3. The second-order valence-corrected chi connectivity index (χ2v) is 6.42. The molecule has 7 heteroatoms. The molecule has 1 aliphatic rings. The molecule has 146 valence electrons. The molecule has 2 aromatic carbocycles. The molecule has 0 fully saturated rings. The molecule has 7 nitrogen and oxygen atoms in total. The molecule has 0 aliphatic carbocycles. The molecule has 2 amide bonds. The minimum atomic E-state index is -0.355. The van der Waals surface area contributed by atoms with Crippen LogP contribution in [0, 0.1) is 0 Å². The van der Waals surface area contributed by atoms with Gasteiger partial charge in [0.25, 0.3) is 5.91 Å². The monoisotopic (exact) mass is 381 g/mol. The molecule has 3 rings (SSSR count). The number of benzene rings is 2. The second kappa shape index (κ2) is 8.56. The topological polar surface area (TPSA) is 92.9 Å². The van der Waals surface area contributed by atoms with Crippen molar-refractivity contribution in [3.8, 4) is 0 Å². The minimum Gasteiger partial charge on any atom is -0.466 e. The van der Waals surface area contributed by atoms with Crippen molar-refractivity contribution in [2.75, 3.05) is 35.2 Å². The number of para-hydroxylation sites is 2. The average Bonchev–Trinajstić information content (AvgIpc) is 2.83. The molecule has 0 atom stereocenters. The Morgan fingerprint density at radius 2 is 1.75 bits per heavy atom. The van der Waals surface area contributed by atoms with Crippen molar-refractivity contribution in [2.45, 2.75) is 19.8 Å². The van der Waals surface area contributed by atoms with Crippen LogP contribution in [0.5, 0.6) is 0 Å². The molecule has 0 bridgehead atoms. The number of carbonyl (C=O) groups is 3. The van der Waals surface area contributed by atoms with Crippen LogP contribution in [0.1, 0.15) is 30.1 Å². The number of nitrogens with zero attached hydrogens (tertiary/aromatic N) is 2. The number of rotatable bonds is 5. The van der Waals surface area contributed by atoms with Gasteiger partial charge in [-0.25, -0.2) is 0 Å². The lowest BCUT2D eigenvalue weighted by Gasteiger charge is -2.25. The molecule has 1 aliphatic heterocycles. The van der Waals surface area contributed by atoms with E-state index in [9.17, 15) is 14.4 Å². The van der Waals surface area contributed by atoms with Crippen LogP contribution in [0.3, 0.4) is 0 Å². The lowest BCUT2D eigenvalue weighted by Crippen LogP contribution is -2.33. The van der Waals surface area contributed by atoms with Gasteiger partial charge in [-0.05, 0) is 43.3 Å². The number of carbonyl (C=O) groups excluding carboxylic acids is 3. The van der Waals surface area contributed by atoms with Crippen LogP contribution in [0.2, 0.25) is 0 Å². The maximum absolute atomic E-state index is 13.1. The number of nitrogens with two attached hydrogens (primary N) is 1. The summed E-state index contributed by atoms with van der Waals surface area (Å²) in [5.41, 5.74) is 8.03. The van der Waals surface area contributed by atoms with E-state index in [1.807, 2.05) is 6.07 Å². The lowest BCUT2D eigenvalue weighted by atomic mass is 10.1. The van der Waals surface area contributed by atoms with Gasteiger partial charge in [-0.3, -0.25) is 14.4 Å². The summed E-state index contributed by atoms with van der Waals surface area (Å²) in [5, 5.41) is 0. The third-order valence-corrected chi connectivity index (χ3v) is 4.56. The predicted molar refractivity (Wildman–Crippen MR) is 107 cm³/mol. The van der Waals surface area contributed by atoms with Crippen molar-refractivity contribution in [2.24, 2.45) is 0 Å². The third kappa shape index (κ3) is 4.14. The first-order valence-electron chi connectivity index (χ1n) is 9.23. The van der Waals surface area contributed by atoms with Gasteiger partial charge in [0.05, 0.1) is 24.4 Å². The summed E-state index contributed by atoms with van der Waals surface area (Å²) in [5.74, 6) is -0.691. The number of nitrogen functional groups attached to an aromatic ring is 1. The molecule has 1 heterocycles. The molecule has 2 N–H and O–H groups in total. The Labute approximate surface area is 163 Å². The first-order valence-corrected chi connectivity index (χ1v) is 9.23. The molecule has 2 aromatic rings. The molecule has 0 saturated carbocycles. The van der Waals surface area contributed by atoms with Crippen LogP contribution in [0.4, 0.5) is 17.1 Å². The first kappa shape index (κ1) is 19.4. The Bertz CT molecular complexity index is 879. The molecule has 0 unspecified atom stereocenters. The minimum absolute atomic E-state index is 0.0970. The smallest absolute Gasteiger partial charge is 0.307 e. The molecular formula is C21H23N3O4. The summed E-state index contributed by atoms with van der Waals surface area (Å²) in [4.78, 5) is 40.7. The van der Waals surface area contributed by atoms with E-state index in [1.165, 1.54) is 0 Å². The summed E-state index contributed by atoms with van der Waals surface area (Å²) >= 11 is 0. The zero-order chi connectivity index (χ0) is 20.1. The highest BCUT2D eigenvalue weighted by atomic mass is 16.5. The molecule has 0 aromatic heterocycles. The molecule has 0 saturated heterocycles. The van der Waals surface area contributed by atoms with Crippen molar-refractivity contribution in [3.63, 3.8) is 0 Å². The highest BCUT2D eigenvalue weighted by Gasteiger charge is 2.29. The average molecular weight is 381 g/mol. The maximum atomic E-state index is 13.1. The fourth-order valence-electron chi connectivity index (χ4n) is 3.19. The molecular weight excluding hydrogens is 358 g/mol. The summed E-state index contributed by atoms with van der Waals surface area (Å²) in [7, 11) is 0. The maximum Gasteiger partial charge on any atom is 0.307 e. The highest BCUT2D eigenvalue weighted by Crippen LogP contribution is 2.33. The Morgan fingerprint density at radius 1 is 1.07 bits per heavy atom. The highest BCUT2D eigenvalue weighted by molar-refractivity contribution is 6.11. The van der Waals surface area contributed by atoms with E-state index in [0.717, 1.165) is 0 Å². The number of ether oxygens (including phenoxy) is 1. The number of amides is 2. The Hall–Kier alpha value is -3.35. The van der Waals surface area contributed by atoms with Crippen LogP contribution in [0.15, 0.2) is 48.5 Å². The van der Waals surface area contributed by atoms with E-state index < -0.39 is 0 Å². The lowest BCUT2D eigenvalue weighted by molar-refractivity contribution is -0.142. The summed E-state index contributed by atoms with van der Waals surface area (Å²) in [6.07, 6.45) is 0.262. The zero-order valence-corrected chi connectivity index (χ0v) is 15.8. The number of esters is 1. The quantitative estimate of drug-likeness (QED) is 0.635. The van der Waals surface area contributed by atoms with Gasteiger partial charge >= 0.3 is 5.97 Å². The molecule has 28 heavy (non-hydrogen) atoms. The molecule has 0 radical (unpaired) electrons. The van der Waals surface area contributed by atoms with E-state index in [1.54, 1.807) is 59.2 Å². The van der Waals surface area contributed by atoms with Gasteiger partial charge in [-0.1, -0.05) is 12.1 Å². The van der Waals surface area contributed by atoms with Crippen LogP contribution < -0.4 is 15.5 Å². The standard InChI is InChI=1S/C21H23N3O4/c1-2-28-20(26)12-14-23-17-5-3-4-6-18(17)24(13-11-19(23)25)21(27)15-7-9-16(22)10-8-15/h3-10H,2,11-14,22H2,1H3. The predicted octanol–water partition coefficient (Wildman–Crippen LogP) is 2.61.